The lowest BCUT2D eigenvalue weighted by molar-refractivity contribution is 0.102. The van der Waals surface area contributed by atoms with Crippen LogP contribution in [0.15, 0.2) is 29.6 Å². The zero-order chi connectivity index (χ0) is 17.3. The van der Waals surface area contributed by atoms with Crippen molar-refractivity contribution >= 4 is 51.1 Å². The predicted octanol–water partition coefficient (Wildman–Crippen LogP) is 4.55. The highest BCUT2D eigenvalue weighted by Gasteiger charge is 2.13. The Hall–Kier alpha value is -1.96. The number of aryl methyl sites for hydroxylation is 1. The van der Waals surface area contributed by atoms with Gasteiger partial charge in [0.05, 0.1) is 10.6 Å². The molecule has 124 valence electrons. The van der Waals surface area contributed by atoms with Crippen LogP contribution in [-0.4, -0.2) is 30.0 Å². The Bertz CT molecular complexity index is 888. The molecule has 1 amide bonds. The van der Waals surface area contributed by atoms with Gasteiger partial charge in [-0.15, -0.1) is 22.7 Å². The highest BCUT2D eigenvalue weighted by Crippen LogP contribution is 2.30. The van der Waals surface area contributed by atoms with E-state index in [9.17, 15) is 4.79 Å². The smallest absolute Gasteiger partial charge is 0.257 e. The van der Waals surface area contributed by atoms with Crippen LogP contribution < -0.4 is 10.2 Å². The van der Waals surface area contributed by atoms with Gasteiger partial charge in [0.2, 0.25) is 0 Å². The van der Waals surface area contributed by atoms with Crippen LogP contribution in [0.1, 0.15) is 15.2 Å². The summed E-state index contributed by atoms with van der Waals surface area (Å²) < 4.78 is 0. The molecule has 0 bridgehead atoms. The fourth-order valence-electron chi connectivity index (χ4n) is 2.03. The molecular formula is C16H15ClN4OS2. The number of hydrogen-bond acceptors (Lipinski definition) is 6. The Balaban J connectivity index is 1.79. The Morgan fingerprint density at radius 1 is 1.25 bits per heavy atom. The first-order valence-corrected chi connectivity index (χ1v) is 9.18. The molecule has 0 aliphatic rings. The van der Waals surface area contributed by atoms with Crippen molar-refractivity contribution in [2.45, 2.75) is 6.92 Å². The fourth-order valence-corrected chi connectivity index (χ4v) is 3.84. The maximum atomic E-state index is 12.4. The molecule has 3 aromatic heterocycles. The van der Waals surface area contributed by atoms with Gasteiger partial charge in [0, 0.05) is 29.9 Å². The number of amides is 1. The van der Waals surface area contributed by atoms with Crippen molar-refractivity contribution in [1.82, 2.24) is 9.97 Å². The average Bonchev–Trinajstić information content (AvgIpc) is 3.15. The molecule has 0 aromatic carbocycles. The van der Waals surface area contributed by atoms with Crippen LogP contribution in [0.4, 0.5) is 10.9 Å². The van der Waals surface area contributed by atoms with Gasteiger partial charge < -0.3 is 4.90 Å². The molecule has 0 fully saturated rings. The SMILES string of the molecule is Cc1ccc(-c2csc(NC(=O)c3cc(Cl)nc(N(C)C)c3)n2)s1. The summed E-state index contributed by atoms with van der Waals surface area (Å²) in [6, 6.07) is 7.32. The minimum absolute atomic E-state index is 0.259. The van der Waals surface area contributed by atoms with Gasteiger partial charge in [0.25, 0.3) is 5.91 Å². The number of thiophene rings is 1. The fraction of sp³-hybridized carbons (Fsp3) is 0.188. The molecule has 3 aromatic rings. The van der Waals surface area contributed by atoms with Crippen molar-refractivity contribution in [3.05, 3.63) is 45.2 Å². The second-order valence-electron chi connectivity index (χ2n) is 5.33. The summed E-state index contributed by atoms with van der Waals surface area (Å²) in [5.74, 6) is 0.368. The van der Waals surface area contributed by atoms with Gasteiger partial charge >= 0.3 is 0 Å². The molecule has 0 aliphatic heterocycles. The number of halogens is 1. The van der Waals surface area contributed by atoms with Crippen LogP contribution >= 0.6 is 34.3 Å². The van der Waals surface area contributed by atoms with E-state index in [0.29, 0.717) is 16.5 Å². The number of anilines is 2. The normalized spacial score (nSPS) is 10.7. The van der Waals surface area contributed by atoms with E-state index < -0.39 is 0 Å². The predicted molar refractivity (Wildman–Crippen MR) is 102 cm³/mol. The van der Waals surface area contributed by atoms with Crippen molar-refractivity contribution in [3.63, 3.8) is 0 Å². The van der Waals surface area contributed by atoms with Crippen LogP contribution in [0.3, 0.4) is 0 Å². The van der Waals surface area contributed by atoms with Gasteiger partial charge in [-0.1, -0.05) is 11.6 Å². The van der Waals surface area contributed by atoms with Gasteiger partial charge in [-0.25, -0.2) is 9.97 Å². The summed E-state index contributed by atoms with van der Waals surface area (Å²) >= 11 is 9.07. The lowest BCUT2D eigenvalue weighted by atomic mass is 10.2. The number of carbonyl (C=O) groups is 1. The first kappa shape index (κ1) is 16.9. The van der Waals surface area contributed by atoms with Crippen molar-refractivity contribution < 1.29 is 4.79 Å². The van der Waals surface area contributed by atoms with Gasteiger partial charge in [0.1, 0.15) is 11.0 Å². The number of nitrogens with one attached hydrogen (secondary N) is 1. The number of nitrogens with zero attached hydrogens (tertiary/aromatic N) is 3. The molecule has 5 nitrogen and oxygen atoms in total. The first-order valence-electron chi connectivity index (χ1n) is 7.11. The van der Waals surface area contributed by atoms with E-state index in [2.05, 4.69) is 28.3 Å². The van der Waals surface area contributed by atoms with E-state index in [-0.39, 0.29) is 11.1 Å². The molecule has 1 N–H and O–H groups in total. The maximum absolute atomic E-state index is 12.4. The van der Waals surface area contributed by atoms with E-state index in [1.165, 1.54) is 16.2 Å². The van der Waals surface area contributed by atoms with E-state index >= 15 is 0 Å². The molecule has 0 saturated carbocycles. The van der Waals surface area contributed by atoms with Gasteiger partial charge in [-0.2, -0.15) is 0 Å². The summed E-state index contributed by atoms with van der Waals surface area (Å²) in [6.07, 6.45) is 0. The third-order valence-corrected chi connectivity index (χ3v) is 5.19. The Morgan fingerprint density at radius 3 is 2.71 bits per heavy atom. The van der Waals surface area contributed by atoms with Crippen LogP contribution in [-0.2, 0) is 0 Å². The zero-order valence-electron chi connectivity index (χ0n) is 13.3. The van der Waals surface area contributed by atoms with Crippen LogP contribution in [0.25, 0.3) is 10.6 Å². The van der Waals surface area contributed by atoms with Gasteiger partial charge in [0.15, 0.2) is 5.13 Å². The molecular weight excluding hydrogens is 364 g/mol. The monoisotopic (exact) mass is 378 g/mol. The summed E-state index contributed by atoms with van der Waals surface area (Å²) in [6.45, 7) is 2.05. The zero-order valence-corrected chi connectivity index (χ0v) is 15.7. The largest absolute Gasteiger partial charge is 0.363 e. The highest BCUT2D eigenvalue weighted by molar-refractivity contribution is 7.17. The highest BCUT2D eigenvalue weighted by atomic mass is 35.5. The van der Waals surface area contributed by atoms with Crippen LogP contribution in [0.2, 0.25) is 5.15 Å². The van der Waals surface area contributed by atoms with Gasteiger partial charge in [-0.05, 0) is 31.2 Å². The minimum Gasteiger partial charge on any atom is -0.363 e. The molecule has 0 spiro atoms. The first-order chi connectivity index (χ1) is 11.4. The van der Waals surface area contributed by atoms with Crippen LogP contribution in [0, 0.1) is 6.92 Å². The quantitative estimate of drug-likeness (QED) is 0.677. The molecule has 8 heteroatoms. The minimum atomic E-state index is -0.259. The standard InChI is InChI=1S/C16H15ClN4OS2/c1-9-4-5-12(24-9)11-8-23-16(18-11)20-15(22)10-6-13(17)19-14(7-10)21(2)3/h4-8H,1-3H3,(H,18,20,22). The maximum Gasteiger partial charge on any atom is 0.257 e. The molecule has 24 heavy (non-hydrogen) atoms. The third kappa shape index (κ3) is 3.75. The molecule has 3 heterocycles. The second-order valence-corrected chi connectivity index (χ2v) is 7.87. The average molecular weight is 379 g/mol. The van der Waals surface area contributed by atoms with Gasteiger partial charge in [-0.3, -0.25) is 10.1 Å². The van der Waals surface area contributed by atoms with Crippen molar-refractivity contribution in [2.75, 3.05) is 24.3 Å². The summed E-state index contributed by atoms with van der Waals surface area (Å²) in [5.41, 5.74) is 1.32. The third-order valence-electron chi connectivity index (χ3n) is 3.22. The van der Waals surface area contributed by atoms with Crippen LogP contribution in [0.5, 0.6) is 0 Å². The molecule has 0 aliphatic carbocycles. The summed E-state index contributed by atoms with van der Waals surface area (Å²) in [4.78, 5) is 25.2. The van der Waals surface area contributed by atoms with Crippen molar-refractivity contribution in [3.8, 4) is 10.6 Å². The number of rotatable bonds is 4. The molecule has 3 rings (SSSR count). The van der Waals surface area contributed by atoms with E-state index in [1.54, 1.807) is 28.4 Å². The lowest BCUT2D eigenvalue weighted by Gasteiger charge is -2.12. The van der Waals surface area contributed by atoms with Crippen molar-refractivity contribution in [1.29, 1.82) is 0 Å². The Morgan fingerprint density at radius 2 is 2.04 bits per heavy atom. The number of aromatic nitrogens is 2. The Labute approximate surface area is 152 Å². The summed E-state index contributed by atoms with van der Waals surface area (Å²) in [7, 11) is 3.69. The second kappa shape index (κ2) is 6.88. The lowest BCUT2D eigenvalue weighted by Crippen LogP contribution is -2.15. The topological polar surface area (TPSA) is 58.1 Å². The Kier molecular flexibility index (Phi) is 4.84. The van der Waals surface area contributed by atoms with E-state index in [4.69, 9.17) is 11.6 Å². The van der Waals surface area contributed by atoms with Crippen molar-refractivity contribution in [2.24, 2.45) is 0 Å². The molecule has 0 unspecified atom stereocenters. The number of carbonyl (C=O) groups excluding carboxylic acids is 1. The molecule has 0 saturated heterocycles. The van der Waals surface area contributed by atoms with E-state index in [1.807, 2.05) is 25.5 Å². The number of hydrogen-bond donors (Lipinski definition) is 1. The van der Waals surface area contributed by atoms with E-state index in [0.717, 1.165) is 10.6 Å². The molecule has 0 atom stereocenters. The number of thiazole rings is 1. The number of pyridine rings is 1. The molecule has 0 radical (unpaired) electrons. The summed E-state index contributed by atoms with van der Waals surface area (Å²) in [5, 5.41) is 5.59.